The summed E-state index contributed by atoms with van der Waals surface area (Å²) >= 11 is 3.34. The number of rotatable bonds is 5. The zero-order valence-corrected chi connectivity index (χ0v) is 17.5. The first-order valence-electron chi connectivity index (χ1n) is 8.62. The molecule has 1 aliphatic rings. The quantitative estimate of drug-likeness (QED) is 0.752. The van der Waals surface area contributed by atoms with Gasteiger partial charge in [0, 0.05) is 10.5 Å². The second-order valence-electron chi connectivity index (χ2n) is 6.42. The summed E-state index contributed by atoms with van der Waals surface area (Å²) in [6.45, 7) is 3.93. The van der Waals surface area contributed by atoms with Gasteiger partial charge in [0.1, 0.15) is 10.6 Å². The number of benzene rings is 2. The van der Waals surface area contributed by atoms with Crippen molar-refractivity contribution < 1.29 is 17.9 Å². The number of amides is 1. The Bertz CT molecular complexity index is 977. The van der Waals surface area contributed by atoms with Crippen molar-refractivity contribution in [3.8, 4) is 5.75 Å². The molecule has 0 spiro atoms. The van der Waals surface area contributed by atoms with E-state index in [9.17, 15) is 13.2 Å². The number of carbonyl (C=O) groups excluding carboxylic acids is 1. The van der Waals surface area contributed by atoms with Crippen LogP contribution in [0.3, 0.4) is 0 Å². The fourth-order valence-corrected chi connectivity index (χ4v) is 5.85. The maximum absolute atomic E-state index is 13.6. The molecule has 0 unspecified atom stereocenters. The number of halogens is 1. The summed E-state index contributed by atoms with van der Waals surface area (Å²) in [5.74, 6) is -0.678. The van der Waals surface area contributed by atoms with Crippen molar-refractivity contribution in [2.75, 3.05) is 10.9 Å². The molecular formula is C19H21BrN2O4S. The highest BCUT2D eigenvalue weighted by Gasteiger charge is 2.40. The van der Waals surface area contributed by atoms with Gasteiger partial charge < -0.3 is 10.5 Å². The van der Waals surface area contributed by atoms with Crippen molar-refractivity contribution in [1.82, 2.24) is 0 Å². The van der Waals surface area contributed by atoms with Crippen LogP contribution in [0.15, 0.2) is 51.8 Å². The van der Waals surface area contributed by atoms with Crippen LogP contribution in [-0.2, 0) is 14.8 Å². The van der Waals surface area contributed by atoms with Crippen molar-refractivity contribution in [3.05, 3.63) is 52.5 Å². The first-order chi connectivity index (χ1) is 12.8. The minimum absolute atomic E-state index is 0.0814. The first-order valence-corrected chi connectivity index (χ1v) is 10.9. The smallest absolute Gasteiger partial charge is 0.268 e. The lowest BCUT2D eigenvalue weighted by Crippen LogP contribution is -2.45. The average Bonchev–Trinajstić information content (AvgIpc) is 2.62. The van der Waals surface area contributed by atoms with E-state index >= 15 is 0 Å². The van der Waals surface area contributed by atoms with E-state index in [-0.39, 0.29) is 4.90 Å². The number of sulfonamides is 1. The summed E-state index contributed by atoms with van der Waals surface area (Å²) in [7, 11) is -3.92. The van der Waals surface area contributed by atoms with Gasteiger partial charge in [-0.15, -0.1) is 0 Å². The summed E-state index contributed by atoms with van der Waals surface area (Å²) in [5.41, 5.74) is 6.66. The Morgan fingerprint density at radius 2 is 2.00 bits per heavy atom. The Hall–Kier alpha value is -2.06. The fraction of sp³-hybridized carbons (Fsp3) is 0.316. The molecule has 0 fully saturated rings. The van der Waals surface area contributed by atoms with Crippen LogP contribution in [0.2, 0.25) is 0 Å². The highest BCUT2D eigenvalue weighted by molar-refractivity contribution is 9.10. The van der Waals surface area contributed by atoms with Crippen molar-refractivity contribution in [3.63, 3.8) is 0 Å². The van der Waals surface area contributed by atoms with Gasteiger partial charge in [-0.25, -0.2) is 8.42 Å². The van der Waals surface area contributed by atoms with Gasteiger partial charge in [0.25, 0.3) is 10.0 Å². The van der Waals surface area contributed by atoms with E-state index in [1.54, 1.807) is 50.2 Å². The molecule has 0 aromatic heterocycles. The van der Waals surface area contributed by atoms with Crippen LogP contribution in [0.1, 0.15) is 31.7 Å². The topological polar surface area (TPSA) is 89.7 Å². The number of ether oxygens (including phenoxy) is 1. The molecule has 2 atom stereocenters. The fourth-order valence-electron chi connectivity index (χ4n) is 3.48. The van der Waals surface area contributed by atoms with E-state index in [4.69, 9.17) is 10.5 Å². The number of anilines is 1. The SMILES string of the molecule is CCOc1ccc(Br)cc1S(=O)(=O)N1c2ccccc2[C@@H](C(N)=O)C[C@@H]1C. The molecule has 27 heavy (non-hydrogen) atoms. The summed E-state index contributed by atoms with van der Waals surface area (Å²) in [5, 5.41) is 0. The largest absolute Gasteiger partial charge is 0.492 e. The number of hydrogen-bond donors (Lipinski definition) is 1. The minimum atomic E-state index is -3.92. The number of hydrogen-bond acceptors (Lipinski definition) is 4. The molecular weight excluding hydrogens is 432 g/mol. The molecule has 6 nitrogen and oxygen atoms in total. The molecule has 0 saturated carbocycles. The second kappa shape index (κ2) is 7.52. The predicted molar refractivity (Wildman–Crippen MR) is 107 cm³/mol. The molecule has 1 heterocycles. The molecule has 1 amide bonds. The van der Waals surface area contributed by atoms with Gasteiger partial charge in [-0.05, 0) is 50.1 Å². The van der Waals surface area contributed by atoms with Gasteiger partial charge in [0.2, 0.25) is 5.91 Å². The monoisotopic (exact) mass is 452 g/mol. The zero-order valence-electron chi connectivity index (χ0n) is 15.1. The Labute approximate surface area is 167 Å². The van der Waals surface area contributed by atoms with Gasteiger partial charge >= 0.3 is 0 Å². The molecule has 2 aromatic rings. The number of para-hydroxylation sites is 1. The number of carbonyl (C=O) groups is 1. The number of nitrogens with zero attached hydrogens (tertiary/aromatic N) is 1. The van der Waals surface area contributed by atoms with Gasteiger partial charge in [-0.1, -0.05) is 34.1 Å². The van der Waals surface area contributed by atoms with Crippen molar-refractivity contribution in [2.45, 2.75) is 37.1 Å². The number of primary amides is 1. The lowest BCUT2D eigenvalue weighted by atomic mass is 9.87. The first kappa shape index (κ1) is 19.7. The molecule has 0 bridgehead atoms. The number of nitrogens with two attached hydrogens (primary N) is 1. The number of fused-ring (bicyclic) bond motifs is 1. The van der Waals surface area contributed by atoms with Crippen LogP contribution < -0.4 is 14.8 Å². The molecule has 2 N–H and O–H groups in total. The second-order valence-corrected chi connectivity index (χ2v) is 9.12. The van der Waals surface area contributed by atoms with Crippen molar-refractivity contribution in [2.24, 2.45) is 5.73 Å². The maximum Gasteiger partial charge on any atom is 0.268 e. The molecule has 0 aliphatic carbocycles. The molecule has 144 valence electrons. The zero-order chi connectivity index (χ0) is 19.8. The van der Waals surface area contributed by atoms with E-state index in [0.717, 1.165) is 0 Å². The standard InChI is InChI=1S/C19H21BrN2O4S/c1-3-26-17-9-8-13(20)11-18(17)27(24,25)22-12(2)10-15(19(21)23)14-6-4-5-7-16(14)22/h4-9,11-12,15H,3,10H2,1-2H3,(H2,21,23)/t12-,15-/m0/s1. The predicted octanol–water partition coefficient (Wildman–Crippen LogP) is 3.40. The van der Waals surface area contributed by atoms with E-state index in [1.165, 1.54) is 10.4 Å². The maximum atomic E-state index is 13.6. The van der Waals surface area contributed by atoms with Crippen LogP contribution in [0.25, 0.3) is 0 Å². The highest BCUT2D eigenvalue weighted by atomic mass is 79.9. The van der Waals surface area contributed by atoms with Crippen LogP contribution in [0.4, 0.5) is 5.69 Å². The average molecular weight is 453 g/mol. The van der Waals surface area contributed by atoms with Gasteiger partial charge in [-0.2, -0.15) is 0 Å². The molecule has 0 saturated heterocycles. The Morgan fingerprint density at radius 1 is 1.30 bits per heavy atom. The Balaban J connectivity index is 2.19. The van der Waals surface area contributed by atoms with Crippen LogP contribution >= 0.6 is 15.9 Å². The van der Waals surface area contributed by atoms with E-state index < -0.39 is 27.9 Å². The molecule has 8 heteroatoms. The van der Waals surface area contributed by atoms with Gasteiger partial charge in [0.05, 0.1) is 18.2 Å². The van der Waals surface area contributed by atoms with Gasteiger partial charge in [-0.3, -0.25) is 9.10 Å². The normalized spacial score (nSPS) is 19.4. The highest BCUT2D eigenvalue weighted by Crippen LogP contribution is 2.42. The Morgan fingerprint density at radius 3 is 2.67 bits per heavy atom. The summed E-state index contributed by atoms with van der Waals surface area (Å²) < 4.78 is 34.7. The minimum Gasteiger partial charge on any atom is -0.492 e. The van der Waals surface area contributed by atoms with E-state index in [0.29, 0.717) is 34.5 Å². The van der Waals surface area contributed by atoms with E-state index in [2.05, 4.69) is 15.9 Å². The molecule has 1 aliphatic heterocycles. The van der Waals surface area contributed by atoms with E-state index in [1.807, 2.05) is 0 Å². The third-order valence-electron chi connectivity index (χ3n) is 4.61. The third-order valence-corrected chi connectivity index (χ3v) is 7.06. The van der Waals surface area contributed by atoms with Crippen LogP contribution in [0.5, 0.6) is 5.75 Å². The van der Waals surface area contributed by atoms with Crippen molar-refractivity contribution >= 4 is 37.5 Å². The summed E-state index contributed by atoms with van der Waals surface area (Å²) in [6.07, 6.45) is 0.323. The van der Waals surface area contributed by atoms with Crippen molar-refractivity contribution in [1.29, 1.82) is 0 Å². The lowest BCUT2D eigenvalue weighted by molar-refractivity contribution is -0.119. The Kier molecular flexibility index (Phi) is 5.48. The summed E-state index contributed by atoms with van der Waals surface area (Å²) in [4.78, 5) is 12.0. The van der Waals surface area contributed by atoms with Crippen LogP contribution in [0, 0.1) is 0 Å². The third kappa shape index (κ3) is 3.55. The van der Waals surface area contributed by atoms with Crippen LogP contribution in [-0.4, -0.2) is 27.0 Å². The molecule has 2 aromatic carbocycles. The summed E-state index contributed by atoms with van der Waals surface area (Å²) in [6, 6.07) is 11.5. The van der Waals surface area contributed by atoms with Gasteiger partial charge in [0.15, 0.2) is 0 Å². The lowest BCUT2D eigenvalue weighted by Gasteiger charge is -2.39. The molecule has 0 radical (unpaired) electrons. The molecule has 3 rings (SSSR count).